The van der Waals surface area contributed by atoms with E-state index in [9.17, 15) is 14.7 Å². The number of hydrogen-bond donors (Lipinski definition) is 1. The van der Waals surface area contributed by atoms with Crippen LogP contribution in [0.2, 0.25) is 0 Å². The number of Topliss-reactive ketones (excluding diaryl/α,β-unsaturated/α-hetero) is 1. The molecule has 2 aromatic carbocycles. The summed E-state index contributed by atoms with van der Waals surface area (Å²) in [6.45, 7) is 9.76. The summed E-state index contributed by atoms with van der Waals surface area (Å²) in [7, 11) is 0. The molecule has 0 saturated carbocycles. The second-order valence-electron chi connectivity index (χ2n) is 8.26. The Morgan fingerprint density at radius 1 is 1.07 bits per heavy atom. The Labute approximate surface area is 171 Å². The van der Waals surface area contributed by atoms with E-state index in [1.54, 1.807) is 20.8 Å². The van der Waals surface area contributed by atoms with Crippen molar-refractivity contribution >= 4 is 17.4 Å². The third-order valence-corrected chi connectivity index (χ3v) is 4.95. The summed E-state index contributed by atoms with van der Waals surface area (Å²) < 4.78 is 5.51. The van der Waals surface area contributed by atoms with Crippen molar-refractivity contribution in [2.24, 2.45) is 5.41 Å². The summed E-state index contributed by atoms with van der Waals surface area (Å²) in [5, 5.41) is 10.7. The highest BCUT2D eigenvalue weighted by Gasteiger charge is 2.46. The Morgan fingerprint density at radius 3 is 2.17 bits per heavy atom. The highest BCUT2D eigenvalue weighted by Crippen LogP contribution is 2.43. The maximum Gasteiger partial charge on any atom is 0.294 e. The van der Waals surface area contributed by atoms with E-state index in [0.717, 1.165) is 11.1 Å². The summed E-state index contributed by atoms with van der Waals surface area (Å²) >= 11 is 0. The number of benzene rings is 2. The third kappa shape index (κ3) is 3.90. The number of hydrogen-bond acceptors (Lipinski definition) is 4. The number of aliphatic hydroxyl groups is 1. The summed E-state index contributed by atoms with van der Waals surface area (Å²) in [4.78, 5) is 27.7. The van der Waals surface area contributed by atoms with Crippen LogP contribution in [-0.4, -0.2) is 23.4 Å². The lowest BCUT2D eigenvalue weighted by Crippen LogP contribution is -2.32. The number of ether oxygens (including phenoxy) is 1. The molecule has 5 heteroatoms. The van der Waals surface area contributed by atoms with Crippen molar-refractivity contribution in [1.29, 1.82) is 0 Å². The first-order valence-electron chi connectivity index (χ1n) is 9.76. The van der Waals surface area contributed by atoms with Gasteiger partial charge in [0.05, 0.1) is 18.2 Å². The largest absolute Gasteiger partial charge is 0.503 e. The van der Waals surface area contributed by atoms with Gasteiger partial charge in [-0.15, -0.1) is 0 Å². The van der Waals surface area contributed by atoms with Gasteiger partial charge in [-0.1, -0.05) is 50.6 Å². The Balaban J connectivity index is 2.15. The average Bonchev–Trinajstić information content (AvgIpc) is 2.93. The minimum absolute atomic E-state index is 0.132. The first-order valence-corrected chi connectivity index (χ1v) is 9.76. The maximum absolute atomic E-state index is 13.2. The molecule has 1 atom stereocenters. The molecule has 29 heavy (non-hydrogen) atoms. The lowest BCUT2D eigenvalue weighted by Gasteiger charge is -2.29. The van der Waals surface area contributed by atoms with Crippen LogP contribution in [0.3, 0.4) is 0 Å². The van der Waals surface area contributed by atoms with Crippen molar-refractivity contribution in [3.05, 3.63) is 71.0 Å². The lowest BCUT2D eigenvalue weighted by atomic mass is 9.82. The van der Waals surface area contributed by atoms with Gasteiger partial charge >= 0.3 is 0 Å². The lowest BCUT2D eigenvalue weighted by molar-refractivity contribution is -0.123. The van der Waals surface area contributed by atoms with E-state index >= 15 is 0 Å². The van der Waals surface area contributed by atoms with Crippen molar-refractivity contribution in [3.8, 4) is 5.75 Å². The van der Waals surface area contributed by atoms with Gasteiger partial charge in [0.2, 0.25) is 0 Å². The van der Waals surface area contributed by atoms with E-state index in [0.29, 0.717) is 18.0 Å². The molecule has 3 rings (SSSR count). The normalized spacial score (nSPS) is 17.1. The molecular weight excluding hydrogens is 366 g/mol. The van der Waals surface area contributed by atoms with Gasteiger partial charge in [0.1, 0.15) is 5.75 Å². The molecule has 1 amide bonds. The number of aliphatic hydroxyl groups excluding tert-OH is 1. The molecule has 0 saturated heterocycles. The van der Waals surface area contributed by atoms with Crippen LogP contribution in [0.4, 0.5) is 5.69 Å². The molecule has 1 heterocycles. The fourth-order valence-corrected chi connectivity index (χ4v) is 3.44. The van der Waals surface area contributed by atoms with Crippen LogP contribution in [0.5, 0.6) is 5.75 Å². The Kier molecular flexibility index (Phi) is 5.51. The Bertz CT molecular complexity index is 950. The molecule has 0 spiro atoms. The molecule has 5 nitrogen and oxygen atoms in total. The molecule has 152 valence electrons. The molecule has 1 aliphatic heterocycles. The predicted octanol–water partition coefficient (Wildman–Crippen LogP) is 4.91. The van der Waals surface area contributed by atoms with Gasteiger partial charge in [-0.05, 0) is 43.7 Å². The zero-order valence-corrected chi connectivity index (χ0v) is 17.5. The molecule has 0 fully saturated rings. The third-order valence-electron chi connectivity index (χ3n) is 4.95. The Morgan fingerprint density at radius 2 is 1.66 bits per heavy atom. The Hall–Kier alpha value is -3.08. The average molecular weight is 393 g/mol. The molecule has 0 radical (unpaired) electrons. The van der Waals surface area contributed by atoms with Gasteiger partial charge in [0, 0.05) is 11.1 Å². The summed E-state index contributed by atoms with van der Waals surface area (Å²) in [5.74, 6) is -0.596. The van der Waals surface area contributed by atoms with Crippen LogP contribution in [-0.2, 0) is 9.59 Å². The van der Waals surface area contributed by atoms with Gasteiger partial charge in [-0.2, -0.15) is 0 Å². The minimum atomic E-state index is -0.740. The van der Waals surface area contributed by atoms with Crippen molar-refractivity contribution in [2.75, 3.05) is 11.5 Å². The van der Waals surface area contributed by atoms with Crippen molar-refractivity contribution in [2.45, 2.75) is 40.7 Å². The van der Waals surface area contributed by atoms with Crippen LogP contribution >= 0.6 is 0 Å². The molecule has 1 N–H and O–H groups in total. The topological polar surface area (TPSA) is 66.8 Å². The first-order chi connectivity index (χ1) is 13.6. The number of amides is 1. The SMILES string of the molecule is CCOc1ccc(C2C(C(=O)C(C)(C)C)=C(O)C(=O)N2c2ccc(C)cc2)cc1. The second kappa shape index (κ2) is 7.74. The molecular formula is C24H27NO4. The maximum atomic E-state index is 13.2. The van der Waals surface area contributed by atoms with E-state index in [-0.39, 0.29) is 11.4 Å². The highest BCUT2D eigenvalue weighted by molar-refractivity contribution is 6.17. The quantitative estimate of drug-likeness (QED) is 0.784. The fraction of sp³-hybridized carbons (Fsp3) is 0.333. The number of carbonyl (C=O) groups is 2. The summed E-state index contributed by atoms with van der Waals surface area (Å²) in [5.41, 5.74) is 1.81. The van der Waals surface area contributed by atoms with Crippen LogP contribution in [0.1, 0.15) is 44.9 Å². The minimum Gasteiger partial charge on any atom is -0.503 e. The van der Waals surface area contributed by atoms with Crippen LogP contribution in [0.15, 0.2) is 59.9 Å². The van der Waals surface area contributed by atoms with Crippen molar-refractivity contribution in [1.82, 2.24) is 0 Å². The van der Waals surface area contributed by atoms with E-state index in [1.807, 2.05) is 62.4 Å². The number of aryl methyl sites for hydroxylation is 1. The number of nitrogens with zero attached hydrogens (tertiary/aromatic N) is 1. The van der Waals surface area contributed by atoms with Gasteiger partial charge in [-0.3, -0.25) is 14.5 Å². The molecule has 1 unspecified atom stereocenters. The fourth-order valence-electron chi connectivity index (χ4n) is 3.44. The van der Waals surface area contributed by atoms with Gasteiger partial charge in [-0.25, -0.2) is 0 Å². The highest BCUT2D eigenvalue weighted by atomic mass is 16.5. The molecule has 0 aliphatic carbocycles. The number of rotatable bonds is 5. The van der Waals surface area contributed by atoms with E-state index in [1.165, 1.54) is 4.90 Å². The second-order valence-corrected chi connectivity index (χ2v) is 8.26. The van der Waals surface area contributed by atoms with Crippen molar-refractivity contribution < 1.29 is 19.4 Å². The molecule has 0 aromatic heterocycles. The number of carbonyl (C=O) groups excluding carboxylic acids is 2. The number of anilines is 1. The summed E-state index contributed by atoms with van der Waals surface area (Å²) in [6, 6.07) is 14.0. The van der Waals surface area contributed by atoms with Crippen LogP contribution in [0, 0.1) is 12.3 Å². The van der Waals surface area contributed by atoms with Crippen LogP contribution in [0.25, 0.3) is 0 Å². The summed E-state index contributed by atoms with van der Waals surface area (Å²) in [6.07, 6.45) is 0. The van der Waals surface area contributed by atoms with Gasteiger partial charge in [0.25, 0.3) is 5.91 Å². The number of ketones is 1. The van der Waals surface area contributed by atoms with E-state index < -0.39 is 23.1 Å². The molecule has 1 aliphatic rings. The zero-order chi connectivity index (χ0) is 21.3. The molecule has 2 aromatic rings. The zero-order valence-electron chi connectivity index (χ0n) is 17.5. The van der Waals surface area contributed by atoms with E-state index in [2.05, 4.69) is 0 Å². The molecule has 0 bridgehead atoms. The van der Waals surface area contributed by atoms with Crippen molar-refractivity contribution in [3.63, 3.8) is 0 Å². The van der Waals surface area contributed by atoms with Gasteiger partial charge < -0.3 is 9.84 Å². The first kappa shape index (κ1) is 20.6. The predicted molar refractivity (Wildman–Crippen MR) is 113 cm³/mol. The smallest absolute Gasteiger partial charge is 0.294 e. The van der Waals surface area contributed by atoms with E-state index in [4.69, 9.17) is 4.74 Å². The van der Waals surface area contributed by atoms with Gasteiger partial charge in [0.15, 0.2) is 11.5 Å². The van der Waals surface area contributed by atoms with Crippen LogP contribution < -0.4 is 9.64 Å². The monoisotopic (exact) mass is 393 g/mol. The standard InChI is InChI=1S/C24H27NO4/c1-6-29-18-13-9-16(10-14-18)20-19(22(27)24(3,4)5)21(26)23(28)25(20)17-11-7-15(2)8-12-17/h7-14,20,26H,6H2,1-5H3.